The zero-order chi connectivity index (χ0) is 9.26. The lowest BCUT2D eigenvalue weighted by molar-refractivity contribution is 0.149. The summed E-state index contributed by atoms with van der Waals surface area (Å²) in [5, 5.41) is 12.4. The average Bonchev–Trinajstić information content (AvgIpc) is 2.63. The molecule has 0 amide bonds. The molecule has 0 radical (unpaired) electrons. The van der Waals surface area contributed by atoms with E-state index in [1.54, 1.807) is 7.05 Å². The van der Waals surface area contributed by atoms with Crippen LogP contribution >= 0.6 is 0 Å². The van der Waals surface area contributed by atoms with Crippen molar-refractivity contribution in [2.45, 2.75) is 25.5 Å². The number of aliphatic hydroxyl groups is 1. The molecule has 70 valence electrons. The standard InChI is InChI=1S/C11H15NO/c1-12-11(13)10-6-5-8-3-2-4-9(8)7-10/h5-7,11-13H,2-4H2,1H3. The number of aliphatic hydroxyl groups excluding tert-OH is 1. The number of hydrogen-bond donors (Lipinski definition) is 2. The Labute approximate surface area is 78.6 Å². The molecule has 1 aromatic carbocycles. The quantitative estimate of drug-likeness (QED) is 0.669. The first-order valence-corrected chi connectivity index (χ1v) is 4.78. The molecular weight excluding hydrogens is 162 g/mol. The summed E-state index contributed by atoms with van der Waals surface area (Å²) >= 11 is 0. The highest BCUT2D eigenvalue weighted by molar-refractivity contribution is 5.35. The molecule has 1 aliphatic carbocycles. The molecule has 0 spiro atoms. The molecule has 1 aromatic rings. The van der Waals surface area contributed by atoms with E-state index in [4.69, 9.17) is 0 Å². The topological polar surface area (TPSA) is 32.3 Å². The van der Waals surface area contributed by atoms with E-state index in [1.807, 2.05) is 6.07 Å². The highest BCUT2D eigenvalue weighted by Gasteiger charge is 2.12. The zero-order valence-corrected chi connectivity index (χ0v) is 7.88. The Balaban J connectivity index is 2.30. The van der Waals surface area contributed by atoms with Gasteiger partial charge in [0.2, 0.25) is 0 Å². The minimum Gasteiger partial charge on any atom is -0.374 e. The van der Waals surface area contributed by atoms with Gasteiger partial charge >= 0.3 is 0 Å². The second-order valence-electron chi connectivity index (χ2n) is 3.57. The number of benzene rings is 1. The van der Waals surface area contributed by atoms with Crippen molar-refractivity contribution in [2.24, 2.45) is 0 Å². The van der Waals surface area contributed by atoms with Crippen LogP contribution < -0.4 is 5.32 Å². The molecule has 0 fully saturated rings. The lowest BCUT2D eigenvalue weighted by atomic mass is 10.1. The van der Waals surface area contributed by atoms with Gasteiger partial charge in [0.05, 0.1) is 0 Å². The number of rotatable bonds is 2. The van der Waals surface area contributed by atoms with Gasteiger partial charge in [-0.1, -0.05) is 18.2 Å². The molecular formula is C11H15NO. The minimum atomic E-state index is -0.522. The van der Waals surface area contributed by atoms with Crippen LogP contribution in [-0.4, -0.2) is 12.2 Å². The van der Waals surface area contributed by atoms with Gasteiger partial charge in [-0.15, -0.1) is 0 Å². The van der Waals surface area contributed by atoms with Gasteiger partial charge in [0, 0.05) is 0 Å². The normalized spacial score (nSPS) is 17.1. The second-order valence-corrected chi connectivity index (χ2v) is 3.57. The smallest absolute Gasteiger partial charge is 0.130 e. The molecule has 13 heavy (non-hydrogen) atoms. The van der Waals surface area contributed by atoms with Crippen LogP contribution in [0.2, 0.25) is 0 Å². The van der Waals surface area contributed by atoms with Crippen LogP contribution in [0.5, 0.6) is 0 Å². The minimum absolute atomic E-state index is 0.522. The van der Waals surface area contributed by atoms with Gasteiger partial charge in [-0.2, -0.15) is 0 Å². The van der Waals surface area contributed by atoms with Crippen LogP contribution in [0.4, 0.5) is 0 Å². The molecule has 1 unspecified atom stereocenters. The fourth-order valence-corrected chi connectivity index (χ4v) is 1.93. The Morgan fingerprint density at radius 1 is 1.31 bits per heavy atom. The molecule has 0 heterocycles. The van der Waals surface area contributed by atoms with Gasteiger partial charge < -0.3 is 5.11 Å². The highest BCUT2D eigenvalue weighted by Crippen LogP contribution is 2.24. The molecule has 2 rings (SSSR count). The predicted octanol–water partition coefficient (Wildman–Crippen LogP) is 1.39. The highest BCUT2D eigenvalue weighted by atomic mass is 16.3. The third-order valence-electron chi connectivity index (χ3n) is 2.71. The Morgan fingerprint density at radius 2 is 2.08 bits per heavy atom. The molecule has 0 aromatic heterocycles. The molecule has 1 aliphatic rings. The number of aryl methyl sites for hydroxylation is 2. The summed E-state index contributed by atoms with van der Waals surface area (Å²) in [7, 11) is 1.76. The van der Waals surface area contributed by atoms with Gasteiger partial charge in [0.25, 0.3) is 0 Å². The Kier molecular flexibility index (Phi) is 2.34. The van der Waals surface area contributed by atoms with Crippen molar-refractivity contribution >= 4 is 0 Å². The molecule has 2 heteroatoms. The lowest BCUT2D eigenvalue weighted by Crippen LogP contribution is -2.15. The third-order valence-corrected chi connectivity index (χ3v) is 2.71. The summed E-state index contributed by atoms with van der Waals surface area (Å²) < 4.78 is 0. The van der Waals surface area contributed by atoms with Crippen molar-refractivity contribution < 1.29 is 5.11 Å². The SMILES string of the molecule is CNC(O)c1ccc2c(c1)CCC2. The summed E-state index contributed by atoms with van der Waals surface area (Å²) in [4.78, 5) is 0. The summed E-state index contributed by atoms with van der Waals surface area (Å²) in [5.41, 5.74) is 3.84. The summed E-state index contributed by atoms with van der Waals surface area (Å²) in [6, 6.07) is 6.26. The maximum Gasteiger partial charge on any atom is 0.130 e. The molecule has 0 saturated carbocycles. The summed E-state index contributed by atoms with van der Waals surface area (Å²) in [6.07, 6.45) is 3.10. The average molecular weight is 177 g/mol. The summed E-state index contributed by atoms with van der Waals surface area (Å²) in [6.45, 7) is 0. The number of fused-ring (bicyclic) bond motifs is 1. The second kappa shape index (κ2) is 3.48. The predicted molar refractivity (Wildman–Crippen MR) is 52.5 cm³/mol. The van der Waals surface area contributed by atoms with Crippen molar-refractivity contribution in [3.05, 3.63) is 34.9 Å². The first kappa shape index (κ1) is 8.73. The van der Waals surface area contributed by atoms with Gasteiger partial charge in [-0.3, -0.25) is 5.32 Å². The molecule has 0 bridgehead atoms. The van der Waals surface area contributed by atoms with E-state index in [-0.39, 0.29) is 0 Å². The van der Waals surface area contributed by atoms with Crippen LogP contribution in [0.3, 0.4) is 0 Å². The van der Waals surface area contributed by atoms with E-state index >= 15 is 0 Å². The van der Waals surface area contributed by atoms with Gasteiger partial charge in [0.1, 0.15) is 6.23 Å². The molecule has 0 aliphatic heterocycles. The lowest BCUT2D eigenvalue weighted by Gasteiger charge is -2.10. The Hall–Kier alpha value is -0.860. The van der Waals surface area contributed by atoms with E-state index < -0.39 is 6.23 Å². The molecule has 0 saturated heterocycles. The van der Waals surface area contributed by atoms with Crippen molar-refractivity contribution in [1.29, 1.82) is 0 Å². The fourth-order valence-electron chi connectivity index (χ4n) is 1.93. The number of nitrogens with one attached hydrogen (secondary N) is 1. The van der Waals surface area contributed by atoms with Gasteiger partial charge in [-0.05, 0) is 43.0 Å². The van der Waals surface area contributed by atoms with Crippen LogP contribution in [0.1, 0.15) is 29.3 Å². The van der Waals surface area contributed by atoms with E-state index in [1.165, 1.54) is 30.4 Å². The Morgan fingerprint density at radius 3 is 2.85 bits per heavy atom. The van der Waals surface area contributed by atoms with E-state index in [9.17, 15) is 5.11 Å². The number of hydrogen-bond acceptors (Lipinski definition) is 2. The fraction of sp³-hybridized carbons (Fsp3) is 0.455. The maximum absolute atomic E-state index is 9.55. The third kappa shape index (κ3) is 1.60. The van der Waals surface area contributed by atoms with Crippen LogP contribution in [0, 0.1) is 0 Å². The van der Waals surface area contributed by atoms with Gasteiger partial charge in [-0.25, -0.2) is 0 Å². The van der Waals surface area contributed by atoms with Crippen LogP contribution in [0.15, 0.2) is 18.2 Å². The molecule has 2 nitrogen and oxygen atoms in total. The van der Waals surface area contributed by atoms with E-state index in [0.717, 1.165) is 5.56 Å². The van der Waals surface area contributed by atoms with Crippen molar-refractivity contribution in [3.8, 4) is 0 Å². The van der Waals surface area contributed by atoms with Crippen molar-refractivity contribution in [2.75, 3.05) is 7.05 Å². The van der Waals surface area contributed by atoms with E-state index in [0.29, 0.717) is 0 Å². The zero-order valence-electron chi connectivity index (χ0n) is 7.88. The first-order chi connectivity index (χ1) is 6.31. The monoisotopic (exact) mass is 177 g/mol. The first-order valence-electron chi connectivity index (χ1n) is 4.78. The van der Waals surface area contributed by atoms with Gasteiger partial charge in [0.15, 0.2) is 0 Å². The molecule has 1 atom stereocenters. The van der Waals surface area contributed by atoms with Crippen molar-refractivity contribution in [3.63, 3.8) is 0 Å². The van der Waals surface area contributed by atoms with E-state index in [2.05, 4.69) is 17.4 Å². The van der Waals surface area contributed by atoms with Crippen LogP contribution in [0.25, 0.3) is 0 Å². The summed E-state index contributed by atoms with van der Waals surface area (Å²) in [5.74, 6) is 0. The van der Waals surface area contributed by atoms with Crippen molar-refractivity contribution in [1.82, 2.24) is 5.32 Å². The Bertz CT molecular complexity index is 309. The van der Waals surface area contributed by atoms with Crippen LogP contribution in [-0.2, 0) is 12.8 Å². The molecule has 2 N–H and O–H groups in total. The largest absolute Gasteiger partial charge is 0.374 e. The maximum atomic E-state index is 9.55.